The number of piperazine rings is 1. The Hall–Kier alpha value is -2.66. The zero-order valence-electron chi connectivity index (χ0n) is 17.0. The van der Waals surface area contributed by atoms with Crippen LogP contribution < -0.4 is 5.32 Å². The van der Waals surface area contributed by atoms with Gasteiger partial charge in [-0.15, -0.1) is 0 Å². The molecule has 0 unspecified atom stereocenters. The van der Waals surface area contributed by atoms with Crippen molar-refractivity contribution in [3.8, 4) is 0 Å². The van der Waals surface area contributed by atoms with Crippen molar-refractivity contribution in [1.82, 2.24) is 9.80 Å². The molecule has 0 aromatic heterocycles. The molecule has 2 aromatic carbocycles. The van der Waals surface area contributed by atoms with E-state index in [1.54, 1.807) is 0 Å². The fourth-order valence-corrected chi connectivity index (χ4v) is 3.69. The normalized spacial score (nSPS) is 14.8. The SMILES string of the molecule is Cc1cc(C)cc(NC(=O)CN2CCN(C(=O)Cc3ccccc3C)CC2)c1. The van der Waals surface area contributed by atoms with Crippen LogP contribution >= 0.6 is 0 Å². The van der Waals surface area contributed by atoms with E-state index in [1.165, 1.54) is 0 Å². The van der Waals surface area contributed by atoms with Crippen molar-refractivity contribution >= 4 is 17.5 Å². The molecule has 1 aliphatic rings. The standard InChI is InChI=1S/C23H29N3O2/c1-17-12-18(2)14-21(13-17)24-22(27)16-25-8-10-26(11-9-25)23(28)15-20-7-5-4-6-19(20)3/h4-7,12-14H,8-11,15-16H2,1-3H3,(H,24,27). The van der Waals surface area contributed by atoms with Crippen LogP contribution in [0.5, 0.6) is 0 Å². The largest absolute Gasteiger partial charge is 0.340 e. The monoisotopic (exact) mass is 379 g/mol. The summed E-state index contributed by atoms with van der Waals surface area (Å²) in [5.74, 6) is 0.151. The second kappa shape index (κ2) is 9.02. The van der Waals surface area contributed by atoms with Gasteiger partial charge in [-0.25, -0.2) is 0 Å². The average Bonchev–Trinajstić information content (AvgIpc) is 2.63. The third-order valence-electron chi connectivity index (χ3n) is 5.20. The first kappa shape index (κ1) is 20.1. The van der Waals surface area contributed by atoms with E-state index in [9.17, 15) is 9.59 Å². The summed E-state index contributed by atoms with van der Waals surface area (Å²) in [6.07, 6.45) is 0.444. The van der Waals surface area contributed by atoms with Gasteiger partial charge in [0.25, 0.3) is 0 Å². The molecule has 1 N–H and O–H groups in total. The lowest BCUT2D eigenvalue weighted by Crippen LogP contribution is -2.50. The third kappa shape index (κ3) is 5.42. The van der Waals surface area contributed by atoms with Gasteiger partial charge in [-0.1, -0.05) is 30.3 Å². The molecular weight excluding hydrogens is 350 g/mol. The number of hydrogen-bond acceptors (Lipinski definition) is 3. The Morgan fingerprint density at radius 1 is 0.929 bits per heavy atom. The number of nitrogens with zero attached hydrogens (tertiary/aromatic N) is 2. The summed E-state index contributed by atoms with van der Waals surface area (Å²) in [6, 6.07) is 14.1. The Labute approximate surface area is 167 Å². The van der Waals surface area contributed by atoms with Gasteiger partial charge in [0, 0.05) is 31.9 Å². The number of rotatable bonds is 5. The molecule has 0 bridgehead atoms. The van der Waals surface area contributed by atoms with Crippen LogP contribution in [0.4, 0.5) is 5.69 Å². The molecule has 1 saturated heterocycles. The second-order valence-electron chi connectivity index (χ2n) is 7.68. The van der Waals surface area contributed by atoms with Gasteiger partial charge in [0.15, 0.2) is 0 Å². The number of carbonyl (C=O) groups is 2. The van der Waals surface area contributed by atoms with Crippen LogP contribution in [-0.4, -0.2) is 54.3 Å². The fourth-order valence-electron chi connectivity index (χ4n) is 3.69. The Kier molecular flexibility index (Phi) is 6.47. The number of benzene rings is 2. The second-order valence-corrected chi connectivity index (χ2v) is 7.68. The van der Waals surface area contributed by atoms with E-state index < -0.39 is 0 Å². The zero-order chi connectivity index (χ0) is 20.1. The van der Waals surface area contributed by atoms with Crippen LogP contribution in [-0.2, 0) is 16.0 Å². The summed E-state index contributed by atoms with van der Waals surface area (Å²) >= 11 is 0. The first-order valence-corrected chi connectivity index (χ1v) is 9.83. The maximum absolute atomic E-state index is 12.6. The van der Waals surface area contributed by atoms with Crippen molar-refractivity contribution in [2.24, 2.45) is 0 Å². The molecule has 2 amide bonds. The van der Waals surface area contributed by atoms with Crippen molar-refractivity contribution in [1.29, 1.82) is 0 Å². The summed E-state index contributed by atoms with van der Waals surface area (Å²) in [5, 5.41) is 2.98. The van der Waals surface area contributed by atoms with E-state index in [2.05, 4.69) is 16.3 Å². The molecule has 2 aromatic rings. The van der Waals surface area contributed by atoms with Gasteiger partial charge in [0.1, 0.15) is 0 Å². The van der Waals surface area contributed by atoms with Crippen LogP contribution in [0.25, 0.3) is 0 Å². The number of amides is 2. The van der Waals surface area contributed by atoms with Crippen LogP contribution in [0.15, 0.2) is 42.5 Å². The molecule has 0 atom stereocenters. The minimum atomic E-state index is -0.00955. The van der Waals surface area contributed by atoms with E-state index in [-0.39, 0.29) is 11.8 Å². The van der Waals surface area contributed by atoms with Gasteiger partial charge in [-0.05, 0) is 55.2 Å². The molecule has 1 fully saturated rings. The maximum Gasteiger partial charge on any atom is 0.238 e. The summed E-state index contributed by atoms with van der Waals surface area (Å²) in [4.78, 5) is 29.0. The topological polar surface area (TPSA) is 52.7 Å². The molecule has 1 heterocycles. The highest BCUT2D eigenvalue weighted by Crippen LogP contribution is 2.14. The summed E-state index contributed by atoms with van der Waals surface area (Å²) in [7, 11) is 0. The highest BCUT2D eigenvalue weighted by atomic mass is 16.2. The van der Waals surface area contributed by atoms with E-state index in [1.807, 2.05) is 62.1 Å². The Bertz CT molecular complexity index is 834. The molecule has 0 saturated carbocycles. The van der Waals surface area contributed by atoms with Crippen LogP contribution in [0, 0.1) is 20.8 Å². The maximum atomic E-state index is 12.6. The molecule has 5 nitrogen and oxygen atoms in total. The quantitative estimate of drug-likeness (QED) is 0.869. The Balaban J connectivity index is 1.46. The number of carbonyl (C=O) groups excluding carboxylic acids is 2. The minimum Gasteiger partial charge on any atom is -0.340 e. The van der Waals surface area contributed by atoms with Crippen LogP contribution in [0.1, 0.15) is 22.3 Å². The zero-order valence-corrected chi connectivity index (χ0v) is 17.0. The summed E-state index contributed by atoms with van der Waals surface area (Å²) < 4.78 is 0. The predicted molar refractivity (Wildman–Crippen MR) is 112 cm³/mol. The Morgan fingerprint density at radius 2 is 1.57 bits per heavy atom. The van der Waals surface area contributed by atoms with Crippen molar-refractivity contribution < 1.29 is 9.59 Å². The van der Waals surface area contributed by atoms with Gasteiger partial charge < -0.3 is 10.2 Å². The van der Waals surface area contributed by atoms with E-state index >= 15 is 0 Å². The van der Waals surface area contributed by atoms with Gasteiger partial charge in [0.05, 0.1) is 13.0 Å². The molecule has 0 aliphatic carbocycles. The number of nitrogens with one attached hydrogen (secondary N) is 1. The minimum absolute atomic E-state index is 0.00955. The van der Waals surface area contributed by atoms with E-state index in [0.29, 0.717) is 26.1 Å². The lowest BCUT2D eigenvalue weighted by Gasteiger charge is -2.34. The number of anilines is 1. The average molecular weight is 380 g/mol. The smallest absolute Gasteiger partial charge is 0.238 e. The first-order valence-electron chi connectivity index (χ1n) is 9.83. The molecule has 1 aliphatic heterocycles. The van der Waals surface area contributed by atoms with Gasteiger partial charge in [-0.2, -0.15) is 0 Å². The predicted octanol–water partition coefficient (Wildman–Crippen LogP) is 2.94. The summed E-state index contributed by atoms with van der Waals surface area (Å²) in [6.45, 7) is 9.22. The van der Waals surface area contributed by atoms with Crippen molar-refractivity contribution in [2.75, 3.05) is 38.0 Å². The number of hydrogen-bond donors (Lipinski definition) is 1. The van der Waals surface area contributed by atoms with Gasteiger partial charge >= 0.3 is 0 Å². The molecular formula is C23H29N3O2. The van der Waals surface area contributed by atoms with E-state index in [4.69, 9.17) is 0 Å². The van der Waals surface area contributed by atoms with Crippen molar-refractivity contribution in [2.45, 2.75) is 27.2 Å². The van der Waals surface area contributed by atoms with Crippen LogP contribution in [0.3, 0.4) is 0 Å². The lowest BCUT2D eigenvalue weighted by molar-refractivity contribution is -0.132. The molecule has 148 valence electrons. The van der Waals surface area contributed by atoms with Gasteiger partial charge in [-0.3, -0.25) is 14.5 Å². The first-order chi connectivity index (χ1) is 13.4. The highest BCUT2D eigenvalue weighted by molar-refractivity contribution is 5.92. The lowest BCUT2D eigenvalue weighted by atomic mass is 10.1. The van der Waals surface area contributed by atoms with Gasteiger partial charge in [0.2, 0.25) is 11.8 Å². The Morgan fingerprint density at radius 3 is 2.21 bits per heavy atom. The van der Waals surface area contributed by atoms with E-state index in [0.717, 1.165) is 41.0 Å². The molecule has 5 heteroatoms. The van der Waals surface area contributed by atoms with Crippen LogP contribution in [0.2, 0.25) is 0 Å². The molecule has 28 heavy (non-hydrogen) atoms. The summed E-state index contributed by atoms with van der Waals surface area (Å²) in [5.41, 5.74) is 5.35. The third-order valence-corrected chi connectivity index (χ3v) is 5.20. The van der Waals surface area contributed by atoms with Crippen molar-refractivity contribution in [3.05, 3.63) is 64.7 Å². The number of aryl methyl sites for hydroxylation is 3. The molecule has 0 spiro atoms. The fraction of sp³-hybridized carbons (Fsp3) is 0.391. The van der Waals surface area contributed by atoms with Crippen molar-refractivity contribution in [3.63, 3.8) is 0 Å². The molecule has 3 rings (SSSR count). The molecule has 0 radical (unpaired) electrons. The highest BCUT2D eigenvalue weighted by Gasteiger charge is 2.22.